The number of nitrogens with one attached hydrogen (secondary N) is 1. The van der Waals surface area contributed by atoms with Crippen LogP contribution < -0.4 is 14.8 Å². The Hall–Kier alpha value is -2.05. The molecule has 2 aliphatic rings. The minimum atomic E-state index is 0.394. The van der Waals surface area contributed by atoms with Crippen LogP contribution in [0.3, 0.4) is 0 Å². The Labute approximate surface area is 142 Å². The monoisotopic (exact) mass is 328 g/mol. The van der Waals surface area contributed by atoms with Gasteiger partial charge in [0.2, 0.25) is 0 Å². The van der Waals surface area contributed by atoms with Crippen molar-refractivity contribution in [1.82, 2.24) is 19.8 Å². The van der Waals surface area contributed by atoms with Crippen molar-refractivity contribution in [2.45, 2.75) is 18.5 Å². The van der Waals surface area contributed by atoms with Gasteiger partial charge in [-0.25, -0.2) is 4.98 Å². The molecule has 1 fully saturated rings. The van der Waals surface area contributed by atoms with E-state index < -0.39 is 0 Å². The molecule has 0 unspecified atom stereocenters. The number of imidazole rings is 1. The minimum Gasteiger partial charge on any atom is -0.486 e. The van der Waals surface area contributed by atoms with Gasteiger partial charge in [0.05, 0.1) is 6.33 Å². The van der Waals surface area contributed by atoms with E-state index in [1.807, 2.05) is 24.7 Å². The summed E-state index contributed by atoms with van der Waals surface area (Å²) < 4.78 is 13.6. The molecule has 3 heterocycles. The highest BCUT2D eigenvalue weighted by Gasteiger charge is 2.33. The predicted molar refractivity (Wildman–Crippen MR) is 91.5 cm³/mol. The molecule has 0 amide bonds. The molecule has 0 spiro atoms. The number of likely N-dealkylation sites (tertiary alicyclic amines) is 1. The third kappa shape index (κ3) is 2.87. The molecule has 128 valence electrons. The molecule has 0 saturated carbocycles. The van der Waals surface area contributed by atoms with Crippen molar-refractivity contribution in [3.8, 4) is 11.5 Å². The number of para-hydroxylation sites is 1. The van der Waals surface area contributed by atoms with Crippen molar-refractivity contribution < 1.29 is 9.47 Å². The van der Waals surface area contributed by atoms with Crippen LogP contribution in [0.25, 0.3) is 0 Å². The van der Waals surface area contributed by atoms with Crippen LogP contribution in [-0.4, -0.2) is 53.8 Å². The number of aryl methyl sites for hydroxylation is 1. The molecule has 1 aromatic carbocycles. The molecule has 6 nitrogen and oxygen atoms in total. The van der Waals surface area contributed by atoms with Crippen molar-refractivity contribution in [2.24, 2.45) is 7.05 Å². The van der Waals surface area contributed by atoms with Gasteiger partial charge in [0, 0.05) is 56.1 Å². The Morgan fingerprint density at radius 3 is 2.92 bits per heavy atom. The second kappa shape index (κ2) is 6.45. The lowest BCUT2D eigenvalue weighted by molar-refractivity contribution is 0.169. The lowest BCUT2D eigenvalue weighted by Crippen LogP contribution is -2.35. The van der Waals surface area contributed by atoms with Crippen LogP contribution in [0.5, 0.6) is 11.5 Å². The first-order chi connectivity index (χ1) is 11.7. The second-order valence-corrected chi connectivity index (χ2v) is 6.69. The molecular weight excluding hydrogens is 304 g/mol. The average Bonchev–Trinajstić information content (AvgIpc) is 3.18. The molecule has 2 aromatic rings. The summed E-state index contributed by atoms with van der Waals surface area (Å²) in [5.41, 5.74) is 2.44. The third-order valence-electron chi connectivity index (χ3n) is 4.94. The first-order valence-corrected chi connectivity index (χ1v) is 8.48. The standard InChI is InChI=1S/C18H24N4O2/c1-21-10-14(16-9-19-12-22(16)2)15(11-21)20-8-13-4-3-5-17-18(13)24-7-6-23-17/h3-5,9,12,14-15,20H,6-8,10-11H2,1-2H3/t14-,15-/m1/s1. The van der Waals surface area contributed by atoms with E-state index in [9.17, 15) is 0 Å². The fourth-order valence-electron chi connectivity index (χ4n) is 3.75. The van der Waals surface area contributed by atoms with E-state index in [0.29, 0.717) is 25.2 Å². The molecule has 1 N–H and O–H groups in total. The zero-order valence-corrected chi connectivity index (χ0v) is 14.2. The smallest absolute Gasteiger partial charge is 0.165 e. The lowest BCUT2D eigenvalue weighted by Gasteiger charge is -2.23. The summed E-state index contributed by atoms with van der Waals surface area (Å²) in [4.78, 5) is 6.65. The number of ether oxygens (including phenoxy) is 2. The van der Waals surface area contributed by atoms with Gasteiger partial charge in [-0.3, -0.25) is 0 Å². The van der Waals surface area contributed by atoms with Crippen molar-refractivity contribution in [3.63, 3.8) is 0 Å². The quantitative estimate of drug-likeness (QED) is 0.919. The van der Waals surface area contributed by atoms with Crippen molar-refractivity contribution >= 4 is 0 Å². The number of nitrogens with zero attached hydrogens (tertiary/aromatic N) is 3. The second-order valence-electron chi connectivity index (χ2n) is 6.69. The zero-order chi connectivity index (χ0) is 16.5. The van der Waals surface area contributed by atoms with Crippen LogP contribution in [0.15, 0.2) is 30.7 Å². The fourth-order valence-corrected chi connectivity index (χ4v) is 3.75. The SMILES string of the molecule is CN1C[C@@H](NCc2cccc3c2OCCO3)[C@H](c2cncn2C)C1. The van der Waals surface area contributed by atoms with Gasteiger partial charge in [0.15, 0.2) is 11.5 Å². The lowest BCUT2D eigenvalue weighted by atomic mass is 9.99. The third-order valence-corrected chi connectivity index (χ3v) is 4.94. The van der Waals surface area contributed by atoms with Crippen molar-refractivity contribution in [1.29, 1.82) is 0 Å². The Kier molecular flexibility index (Phi) is 4.16. The number of fused-ring (bicyclic) bond motifs is 1. The van der Waals surface area contributed by atoms with Gasteiger partial charge >= 0.3 is 0 Å². The number of hydrogen-bond donors (Lipinski definition) is 1. The van der Waals surface area contributed by atoms with Gasteiger partial charge in [-0.1, -0.05) is 12.1 Å². The van der Waals surface area contributed by atoms with Crippen LogP contribution in [0, 0.1) is 0 Å². The Morgan fingerprint density at radius 1 is 1.21 bits per heavy atom. The van der Waals surface area contributed by atoms with Crippen molar-refractivity contribution in [2.75, 3.05) is 33.4 Å². The van der Waals surface area contributed by atoms with Crippen LogP contribution in [-0.2, 0) is 13.6 Å². The number of aromatic nitrogens is 2. The van der Waals surface area contributed by atoms with Crippen LogP contribution in [0.4, 0.5) is 0 Å². The van der Waals surface area contributed by atoms with Crippen molar-refractivity contribution in [3.05, 3.63) is 42.0 Å². The van der Waals surface area contributed by atoms with Crippen LogP contribution in [0.1, 0.15) is 17.2 Å². The molecule has 2 atom stereocenters. The maximum absolute atomic E-state index is 5.82. The van der Waals surface area contributed by atoms with Gasteiger partial charge in [0.25, 0.3) is 0 Å². The maximum Gasteiger partial charge on any atom is 0.165 e. The van der Waals surface area contributed by atoms with E-state index in [4.69, 9.17) is 9.47 Å². The average molecular weight is 328 g/mol. The summed E-state index contributed by atoms with van der Waals surface area (Å²) in [5, 5.41) is 3.73. The number of likely N-dealkylation sites (N-methyl/N-ethyl adjacent to an activating group) is 1. The van der Waals surface area contributed by atoms with Gasteiger partial charge in [0.1, 0.15) is 13.2 Å². The highest BCUT2D eigenvalue weighted by Crippen LogP contribution is 2.34. The Bertz CT molecular complexity index is 715. The minimum absolute atomic E-state index is 0.394. The summed E-state index contributed by atoms with van der Waals surface area (Å²) in [6.45, 7) is 4.10. The molecule has 4 rings (SSSR count). The van der Waals surface area contributed by atoms with Gasteiger partial charge in [-0.2, -0.15) is 0 Å². The molecule has 1 saturated heterocycles. The predicted octanol–water partition coefficient (Wildman–Crippen LogP) is 1.38. The summed E-state index contributed by atoms with van der Waals surface area (Å²) >= 11 is 0. The van der Waals surface area contributed by atoms with E-state index >= 15 is 0 Å². The van der Waals surface area contributed by atoms with Gasteiger partial charge < -0.3 is 24.3 Å². The van der Waals surface area contributed by atoms with Crippen LogP contribution >= 0.6 is 0 Å². The Morgan fingerprint density at radius 2 is 2.08 bits per heavy atom. The van der Waals surface area contributed by atoms with E-state index in [1.54, 1.807) is 0 Å². The van der Waals surface area contributed by atoms with E-state index in [-0.39, 0.29) is 0 Å². The number of hydrogen-bond acceptors (Lipinski definition) is 5. The van der Waals surface area contributed by atoms with Gasteiger partial charge in [-0.05, 0) is 13.1 Å². The summed E-state index contributed by atoms with van der Waals surface area (Å²) in [6.07, 6.45) is 3.86. The van der Waals surface area contributed by atoms with E-state index in [0.717, 1.165) is 36.7 Å². The van der Waals surface area contributed by atoms with E-state index in [1.165, 1.54) is 5.69 Å². The largest absolute Gasteiger partial charge is 0.486 e. The normalized spacial score (nSPS) is 23.6. The summed E-state index contributed by atoms with van der Waals surface area (Å²) in [7, 11) is 4.24. The number of benzene rings is 1. The first-order valence-electron chi connectivity index (χ1n) is 8.48. The topological polar surface area (TPSA) is 51.6 Å². The van der Waals surface area contributed by atoms with E-state index in [2.05, 4.69) is 39.9 Å². The molecule has 0 bridgehead atoms. The highest BCUT2D eigenvalue weighted by molar-refractivity contribution is 5.47. The summed E-state index contributed by atoms with van der Waals surface area (Å²) in [5.74, 6) is 2.19. The van der Waals surface area contributed by atoms with Gasteiger partial charge in [-0.15, -0.1) is 0 Å². The molecule has 24 heavy (non-hydrogen) atoms. The zero-order valence-electron chi connectivity index (χ0n) is 14.2. The molecule has 2 aliphatic heterocycles. The molecule has 6 heteroatoms. The first kappa shape index (κ1) is 15.5. The molecule has 0 aliphatic carbocycles. The number of rotatable bonds is 4. The molecule has 1 aromatic heterocycles. The highest BCUT2D eigenvalue weighted by atomic mass is 16.6. The molecular formula is C18H24N4O2. The Balaban J connectivity index is 1.50. The molecule has 0 radical (unpaired) electrons. The van der Waals surface area contributed by atoms with Crippen LogP contribution in [0.2, 0.25) is 0 Å². The fraction of sp³-hybridized carbons (Fsp3) is 0.500. The maximum atomic E-state index is 5.82. The summed E-state index contributed by atoms with van der Waals surface area (Å²) in [6, 6.07) is 6.51.